The number of rotatable bonds is 4. The highest BCUT2D eigenvalue weighted by atomic mass is 16.2. The number of carbonyl (C=O) groups is 3. The average Bonchev–Trinajstić information content (AvgIpc) is 2.80. The molecule has 0 fully saturated rings. The van der Waals surface area contributed by atoms with Crippen molar-refractivity contribution in [3.63, 3.8) is 0 Å². The van der Waals surface area contributed by atoms with Gasteiger partial charge in [0.05, 0.1) is 23.0 Å². The number of nitrogens with one attached hydrogen (secondary N) is 2. The topological polar surface area (TPSA) is 91.4 Å². The summed E-state index contributed by atoms with van der Waals surface area (Å²) in [5, 5.41) is 5.29. The third-order valence-electron chi connectivity index (χ3n) is 3.70. The van der Waals surface area contributed by atoms with Crippen molar-refractivity contribution in [2.45, 2.75) is 13.8 Å². The van der Waals surface area contributed by atoms with E-state index >= 15 is 0 Å². The third-order valence-corrected chi connectivity index (χ3v) is 3.70. The van der Waals surface area contributed by atoms with Crippen molar-refractivity contribution in [2.75, 3.05) is 17.2 Å². The van der Waals surface area contributed by atoms with Gasteiger partial charge in [-0.2, -0.15) is 0 Å². The number of fused-ring (bicyclic) bond motifs is 1. The maximum absolute atomic E-state index is 12.4. The van der Waals surface area contributed by atoms with Crippen LogP contribution in [0.1, 0.15) is 34.6 Å². The lowest BCUT2D eigenvalue weighted by atomic mass is 10.1. The van der Waals surface area contributed by atoms with Crippen LogP contribution in [-0.2, 0) is 0 Å². The van der Waals surface area contributed by atoms with Gasteiger partial charge in [0.25, 0.3) is 11.8 Å². The van der Waals surface area contributed by atoms with Crippen LogP contribution in [0.25, 0.3) is 0 Å². The van der Waals surface area contributed by atoms with Crippen LogP contribution >= 0.6 is 0 Å². The minimum absolute atomic E-state index is 0.185. The summed E-state index contributed by atoms with van der Waals surface area (Å²) in [6, 6.07) is 7.66. The Hall–Kier alpha value is -3.22. The van der Waals surface area contributed by atoms with Gasteiger partial charge in [0.1, 0.15) is 0 Å². The molecule has 1 aromatic carbocycles. The van der Waals surface area contributed by atoms with E-state index in [9.17, 15) is 14.4 Å². The van der Waals surface area contributed by atoms with Crippen LogP contribution in [0.4, 0.5) is 16.2 Å². The molecule has 128 valence electrons. The zero-order valence-corrected chi connectivity index (χ0v) is 13.9. The minimum Gasteiger partial charge on any atom is -0.308 e. The SMILES string of the molecule is CC(C)CN1C(=O)c2ccc(NC(=O)Nc3cccnc3)cc2C1=O. The summed E-state index contributed by atoms with van der Waals surface area (Å²) >= 11 is 0. The van der Waals surface area contributed by atoms with Crippen LogP contribution < -0.4 is 10.6 Å². The molecule has 4 amide bonds. The van der Waals surface area contributed by atoms with Gasteiger partial charge in [-0.05, 0) is 36.2 Å². The first-order valence-corrected chi connectivity index (χ1v) is 7.94. The Morgan fingerprint density at radius 2 is 1.80 bits per heavy atom. The predicted octanol–water partition coefficient (Wildman–Crippen LogP) is 2.98. The van der Waals surface area contributed by atoms with Gasteiger partial charge >= 0.3 is 6.03 Å². The first-order valence-electron chi connectivity index (χ1n) is 7.94. The normalized spacial score (nSPS) is 13.2. The van der Waals surface area contributed by atoms with Gasteiger partial charge in [0.2, 0.25) is 0 Å². The van der Waals surface area contributed by atoms with Gasteiger partial charge in [-0.3, -0.25) is 19.5 Å². The van der Waals surface area contributed by atoms with E-state index in [1.807, 2.05) is 13.8 Å². The number of hydrogen-bond acceptors (Lipinski definition) is 4. The number of pyridine rings is 1. The fourth-order valence-corrected chi connectivity index (χ4v) is 2.63. The molecule has 0 radical (unpaired) electrons. The molecule has 0 saturated carbocycles. The zero-order valence-electron chi connectivity index (χ0n) is 13.9. The molecule has 0 atom stereocenters. The van der Waals surface area contributed by atoms with Gasteiger partial charge in [-0.1, -0.05) is 13.8 Å². The smallest absolute Gasteiger partial charge is 0.308 e. The summed E-state index contributed by atoms with van der Waals surface area (Å²) in [7, 11) is 0. The van der Waals surface area contributed by atoms with Crippen LogP contribution in [-0.4, -0.2) is 34.3 Å². The van der Waals surface area contributed by atoms with Gasteiger partial charge in [-0.25, -0.2) is 4.79 Å². The molecular weight excluding hydrogens is 320 g/mol. The second-order valence-electron chi connectivity index (χ2n) is 6.20. The van der Waals surface area contributed by atoms with Crippen LogP contribution in [0.3, 0.4) is 0 Å². The van der Waals surface area contributed by atoms with Crippen molar-refractivity contribution in [1.82, 2.24) is 9.88 Å². The number of hydrogen-bond donors (Lipinski definition) is 2. The number of urea groups is 1. The Balaban J connectivity index is 1.74. The lowest BCUT2D eigenvalue weighted by Crippen LogP contribution is -2.33. The number of amides is 4. The number of imide groups is 1. The Labute approximate surface area is 145 Å². The van der Waals surface area contributed by atoms with E-state index < -0.39 is 6.03 Å². The number of aromatic nitrogens is 1. The van der Waals surface area contributed by atoms with Crippen molar-refractivity contribution in [1.29, 1.82) is 0 Å². The Bertz CT molecular complexity index is 833. The summed E-state index contributed by atoms with van der Waals surface area (Å²) < 4.78 is 0. The highest BCUT2D eigenvalue weighted by molar-refractivity contribution is 6.22. The van der Waals surface area contributed by atoms with Crippen molar-refractivity contribution in [2.24, 2.45) is 5.92 Å². The Morgan fingerprint density at radius 3 is 2.48 bits per heavy atom. The second-order valence-corrected chi connectivity index (χ2v) is 6.20. The molecule has 1 aliphatic rings. The molecule has 0 aliphatic carbocycles. The fraction of sp³-hybridized carbons (Fsp3) is 0.222. The summed E-state index contributed by atoms with van der Waals surface area (Å²) in [6.45, 7) is 4.26. The number of carbonyl (C=O) groups excluding carboxylic acids is 3. The van der Waals surface area contributed by atoms with Crippen molar-refractivity contribution < 1.29 is 14.4 Å². The quantitative estimate of drug-likeness (QED) is 0.839. The zero-order chi connectivity index (χ0) is 18.0. The first kappa shape index (κ1) is 16.6. The molecule has 7 heteroatoms. The fourth-order valence-electron chi connectivity index (χ4n) is 2.63. The average molecular weight is 338 g/mol. The van der Waals surface area contributed by atoms with E-state index in [-0.39, 0.29) is 17.7 Å². The molecule has 3 rings (SSSR count). The molecule has 2 N–H and O–H groups in total. The largest absolute Gasteiger partial charge is 0.323 e. The maximum atomic E-state index is 12.4. The lowest BCUT2D eigenvalue weighted by molar-refractivity contribution is 0.0636. The standard InChI is InChI=1S/C18H18N4O3/c1-11(2)10-22-16(23)14-6-5-12(8-15(14)17(22)24)20-18(25)21-13-4-3-7-19-9-13/h3-9,11H,10H2,1-2H3,(H2,20,21,25). The number of anilines is 2. The maximum Gasteiger partial charge on any atom is 0.323 e. The number of nitrogens with zero attached hydrogens (tertiary/aromatic N) is 2. The molecule has 2 aromatic rings. The molecule has 1 aliphatic heterocycles. The molecule has 0 unspecified atom stereocenters. The molecule has 0 bridgehead atoms. The van der Waals surface area contributed by atoms with Crippen molar-refractivity contribution >= 4 is 29.2 Å². The Morgan fingerprint density at radius 1 is 1.08 bits per heavy atom. The highest BCUT2D eigenvalue weighted by Gasteiger charge is 2.35. The first-order chi connectivity index (χ1) is 12.0. The van der Waals surface area contributed by atoms with Gasteiger partial charge in [0.15, 0.2) is 0 Å². The highest BCUT2D eigenvalue weighted by Crippen LogP contribution is 2.26. The van der Waals surface area contributed by atoms with E-state index in [0.29, 0.717) is 29.0 Å². The predicted molar refractivity (Wildman–Crippen MR) is 93.5 cm³/mol. The van der Waals surface area contributed by atoms with Crippen LogP contribution in [0, 0.1) is 5.92 Å². The van der Waals surface area contributed by atoms with E-state index in [2.05, 4.69) is 15.6 Å². The van der Waals surface area contributed by atoms with E-state index in [0.717, 1.165) is 0 Å². The molecule has 7 nitrogen and oxygen atoms in total. The molecule has 0 spiro atoms. The summed E-state index contributed by atoms with van der Waals surface area (Å²) in [5.41, 5.74) is 1.66. The molecule has 25 heavy (non-hydrogen) atoms. The second kappa shape index (κ2) is 6.72. The molecule has 2 heterocycles. The van der Waals surface area contributed by atoms with Crippen LogP contribution in [0.5, 0.6) is 0 Å². The van der Waals surface area contributed by atoms with Crippen molar-refractivity contribution in [3.8, 4) is 0 Å². The molecule has 1 aromatic heterocycles. The summed E-state index contributed by atoms with van der Waals surface area (Å²) in [6.07, 6.45) is 3.13. The van der Waals surface area contributed by atoms with Crippen LogP contribution in [0.2, 0.25) is 0 Å². The summed E-state index contributed by atoms with van der Waals surface area (Å²) in [4.78, 5) is 41.9. The van der Waals surface area contributed by atoms with E-state index in [1.165, 1.54) is 17.2 Å². The molecule has 0 saturated heterocycles. The van der Waals surface area contributed by atoms with Crippen LogP contribution in [0.15, 0.2) is 42.7 Å². The van der Waals surface area contributed by atoms with E-state index in [4.69, 9.17) is 0 Å². The number of benzene rings is 1. The van der Waals surface area contributed by atoms with Crippen molar-refractivity contribution in [3.05, 3.63) is 53.9 Å². The van der Waals surface area contributed by atoms with Gasteiger partial charge < -0.3 is 10.6 Å². The van der Waals surface area contributed by atoms with Gasteiger partial charge in [-0.15, -0.1) is 0 Å². The van der Waals surface area contributed by atoms with E-state index in [1.54, 1.807) is 30.5 Å². The third kappa shape index (κ3) is 3.50. The van der Waals surface area contributed by atoms with Gasteiger partial charge in [0, 0.05) is 18.4 Å². The lowest BCUT2D eigenvalue weighted by Gasteiger charge is -2.15. The molecular formula is C18H18N4O3. The summed E-state index contributed by atoms with van der Waals surface area (Å²) in [5.74, 6) is -0.435. The minimum atomic E-state index is -0.455. The monoisotopic (exact) mass is 338 g/mol. The Kier molecular flexibility index (Phi) is 4.47.